The summed E-state index contributed by atoms with van der Waals surface area (Å²) in [4.78, 5) is 9.43. The molecule has 0 saturated heterocycles. The van der Waals surface area contributed by atoms with Gasteiger partial charge >= 0.3 is 5.84 Å². The van der Waals surface area contributed by atoms with Gasteiger partial charge in [0.15, 0.2) is 0 Å². The van der Waals surface area contributed by atoms with Crippen LogP contribution in [0, 0.1) is 10.1 Å². The highest BCUT2D eigenvalue weighted by atomic mass is 16.6. The van der Waals surface area contributed by atoms with E-state index in [4.69, 9.17) is 0 Å². The number of hydrogen-bond donors (Lipinski definition) is 0. The van der Waals surface area contributed by atoms with E-state index in [2.05, 4.69) is 10.2 Å². The highest BCUT2D eigenvalue weighted by Crippen LogP contribution is 2.00. The summed E-state index contributed by atoms with van der Waals surface area (Å²) in [6.45, 7) is 1.71. The molecule has 0 radical (unpaired) electrons. The molecule has 48 valence electrons. The fourth-order valence-corrected chi connectivity index (χ4v) is 0.544. The van der Waals surface area contributed by atoms with Gasteiger partial charge in [0.1, 0.15) is 6.42 Å². The molecule has 0 aromatic heterocycles. The zero-order valence-corrected chi connectivity index (χ0v) is 4.87. The second-order valence-electron chi connectivity index (χ2n) is 1.79. The summed E-state index contributed by atoms with van der Waals surface area (Å²) >= 11 is 0. The summed E-state index contributed by atoms with van der Waals surface area (Å²) in [5, 5.41) is 16.8. The molecule has 5 heteroatoms. The Kier molecular flexibility index (Phi) is 1.26. The summed E-state index contributed by atoms with van der Waals surface area (Å²) < 4.78 is 0. The minimum absolute atomic E-state index is 0.0625. The fraction of sp³-hybridized carbons (Fsp3) is 0.500. The Morgan fingerprint density at radius 3 is 2.56 bits per heavy atom. The average molecular weight is 127 g/mol. The van der Waals surface area contributed by atoms with E-state index in [-0.39, 0.29) is 12.3 Å². The Bertz CT molecular complexity index is 206. The second kappa shape index (κ2) is 1.93. The Morgan fingerprint density at radius 2 is 2.33 bits per heavy atom. The molecule has 0 N–H and O–H groups in total. The van der Waals surface area contributed by atoms with E-state index in [0.717, 1.165) is 0 Å². The number of nitro groups is 1. The highest BCUT2D eigenvalue weighted by Gasteiger charge is 2.19. The normalized spacial score (nSPS) is 17.0. The van der Waals surface area contributed by atoms with Gasteiger partial charge in [-0.25, -0.2) is 0 Å². The molecule has 0 atom stereocenters. The maximum absolute atomic E-state index is 9.95. The predicted octanol–water partition coefficient (Wildman–Crippen LogP) is 0.441. The summed E-state index contributed by atoms with van der Waals surface area (Å²) in [7, 11) is 0. The molecule has 0 aliphatic carbocycles. The minimum Gasteiger partial charge on any atom is -0.358 e. The van der Waals surface area contributed by atoms with Crippen molar-refractivity contribution in [3.8, 4) is 0 Å². The molecule has 1 heterocycles. The summed E-state index contributed by atoms with van der Waals surface area (Å²) in [5.74, 6) is -0.0625. The van der Waals surface area contributed by atoms with Crippen LogP contribution in [-0.4, -0.2) is 16.5 Å². The number of amidine groups is 1. The Balaban J connectivity index is 2.64. The molecule has 1 aliphatic heterocycles. The summed E-state index contributed by atoms with van der Waals surface area (Å²) in [6.07, 6.45) is 0.285. The van der Waals surface area contributed by atoms with Gasteiger partial charge in [-0.1, -0.05) is 0 Å². The number of rotatable bonds is 0. The maximum Gasteiger partial charge on any atom is 0.372 e. The van der Waals surface area contributed by atoms with Gasteiger partial charge in [-0.3, -0.25) is 0 Å². The molecule has 0 amide bonds. The van der Waals surface area contributed by atoms with Crippen molar-refractivity contribution in [1.82, 2.24) is 0 Å². The van der Waals surface area contributed by atoms with Crippen molar-refractivity contribution in [2.24, 2.45) is 10.2 Å². The van der Waals surface area contributed by atoms with Gasteiger partial charge < -0.3 is 10.1 Å². The monoisotopic (exact) mass is 127 g/mol. The molecule has 0 aromatic rings. The Morgan fingerprint density at radius 1 is 1.67 bits per heavy atom. The van der Waals surface area contributed by atoms with Crippen LogP contribution in [0.2, 0.25) is 0 Å². The molecule has 5 nitrogen and oxygen atoms in total. The lowest BCUT2D eigenvalue weighted by molar-refractivity contribution is -0.352. The van der Waals surface area contributed by atoms with Crippen molar-refractivity contribution < 1.29 is 4.92 Å². The highest BCUT2D eigenvalue weighted by molar-refractivity contribution is 6.02. The molecule has 9 heavy (non-hydrogen) atoms. The van der Waals surface area contributed by atoms with Crippen molar-refractivity contribution in [3.63, 3.8) is 0 Å². The van der Waals surface area contributed by atoms with Crippen molar-refractivity contribution in [2.75, 3.05) is 0 Å². The fourth-order valence-electron chi connectivity index (χ4n) is 0.544. The van der Waals surface area contributed by atoms with Crippen molar-refractivity contribution in [1.29, 1.82) is 0 Å². The first kappa shape index (κ1) is 5.87. The molecule has 0 saturated carbocycles. The third-order valence-electron chi connectivity index (χ3n) is 0.961. The first-order valence-electron chi connectivity index (χ1n) is 2.44. The molecule has 0 spiro atoms. The third kappa shape index (κ3) is 1.10. The van der Waals surface area contributed by atoms with Crippen LogP contribution in [0.5, 0.6) is 0 Å². The van der Waals surface area contributed by atoms with Crippen molar-refractivity contribution in [3.05, 3.63) is 10.1 Å². The van der Waals surface area contributed by atoms with Crippen LogP contribution in [0.4, 0.5) is 0 Å². The van der Waals surface area contributed by atoms with E-state index in [1.807, 2.05) is 0 Å². The molecule has 0 aromatic carbocycles. The van der Waals surface area contributed by atoms with Gasteiger partial charge in [-0.15, -0.1) is 0 Å². The molecule has 1 rings (SSSR count). The molecule has 0 fully saturated rings. The van der Waals surface area contributed by atoms with E-state index in [0.29, 0.717) is 5.71 Å². The zero-order valence-electron chi connectivity index (χ0n) is 4.87. The van der Waals surface area contributed by atoms with Crippen molar-refractivity contribution >= 4 is 11.5 Å². The quantitative estimate of drug-likeness (QED) is 0.350. The predicted molar refractivity (Wildman–Crippen MR) is 32.2 cm³/mol. The molecule has 0 bridgehead atoms. The summed E-state index contributed by atoms with van der Waals surface area (Å²) in [5.41, 5.74) is 0.696. The van der Waals surface area contributed by atoms with Crippen molar-refractivity contribution in [2.45, 2.75) is 13.3 Å². The van der Waals surface area contributed by atoms with E-state index < -0.39 is 4.92 Å². The lowest BCUT2D eigenvalue weighted by atomic mass is 10.3. The average Bonchev–Trinajstić information content (AvgIpc) is 2.14. The van der Waals surface area contributed by atoms with E-state index >= 15 is 0 Å². The molecular formula is C4H5N3O2. The Labute approximate surface area is 51.2 Å². The topological polar surface area (TPSA) is 67.9 Å². The van der Waals surface area contributed by atoms with Gasteiger partial charge in [0, 0.05) is 0 Å². The van der Waals surface area contributed by atoms with Gasteiger partial charge in [0.2, 0.25) is 0 Å². The molecule has 1 aliphatic rings. The SMILES string of the molecule is CC1=NN=C([N+](=O)[O-])C1. The minimum atomic E-state index is -0.514. The van der Waals surface area contributed by atoms with Gasteiger partial charge in [0.05, 0.1) is 10.8 Å². The van der Waals surface area contributed by atoms with Crippen LogP contribution >= 0.6 is 0 Å². The number of nitrogens with zero attached hydrogens (tertiary/aromatic N) is 3. The maximum atomic E-state index is 9.95. The second-order valence-corrected chi connectivity index (χ2v) is 1.79. The lowest BCUT2D eigenvalue weighted by Gasteiger charge is -1.87. The summed E-state index contributed by atoms with van der Waals surface area (Å²) in [6, 6.07) is 0. The van der Waals surface area contributed by atoms with E-state index in [1.165, 1.54) is 0 Å². The smallest absolute Gasteiger partial charge is 0.358 e. The van der Waals surface area contributed by atoms with Crippen LogP contribution in [0.1, 0.15) is 13.3 Å². The van der Waals surface area contributed by atoms with Crippen LogP contribution in [0.25, 0.3) is 0 Å². The van der Waals surface area contributed by atoms with Crippen LogP contribution < -0.4 is 0 Å². The van der Waals surface area contributed by atoms with E-state index in [9.17, 15) is 10.1 Å². The van der Waals surface area contributed by atoms with E-state index in [1.54, 1.807) is 6.92 Å². The van der Waals surface area contributed by atoms with Crippen LogP contribution in [0.15, 0.2) is 10.2 Å². The van der Waals surface area contributed by atoms with Gasteiger partial charge in [-0.2, -0.15) is 0 Å². The number of hydrogen-bond acceptors (Lipinski definition) is 4. The molecular weight excluding hydrogens is 122 g/mol. The molecule has 0 unspecified atom stereocenters. The first-order chi connectivity index (χ1) is 4.20. The van der Waals surface area contributed by atoms with Crippen LogP contribution in [-0.2, 0) is 0 Å². The standard InChI is InChI=1S/C4H5N3O2/c1-3-2-4(6-5-3)7(8)9/h2H2,1H3. The lowest BCUT2D eigenvalue weighted by Crippen LogP contribution is -2.10. The third-order valence-corrected chi connectivity index (χ3v) is 0.961. The van der Waals surface area contributed by atoms with Gasteiger partial charge in [-0.05, 0) is 16.9 Å². The van der Waals surface area contributed by atoms with Gasteiger partial charge in [0.25, 0.3) is 0 Å². The van der Waals surface area contributed by atoms with Crippen LogP contribution in [0.3, 0.4) is 0 Å². The largest absolute Gasteiger partial charge is 0.372 e. The Hall–Kier alpha value is -1.26. The zero-order chi connectivity index (χ0) is 6.85. The first-order valence-corrected chi connectivity index (χ1v) is 2.44.